The van der Waals surface area contributed by atoms with Crippen molar-refractivity contribution in [2.45, 2.75) is 6.54 Å². The molecule has 1 rings (SSSR count). The zero-order chi connectivity index (χ0) is 9.68. The number of benzene rings is 1. The molecule has 0 saturated carbocycles. The van der Waals surface area contributed by atoms with E-state index < -0.39 is 0 Å². The molecule has 0 aliphatic heterocycles. The van der Waals surface area contributed by atoms with Gasteiger partial charge in [-0.15, -0.1) is 0 Å². The van der Waals surface area contributed by atoms with Gasteiger partial charge in [0, 0.05) is 13.6 Å². The second kappa shape index (κ2) is 4.62. The summed E-state index contributed by atoms with van der Waals surface area (Å²) < 4.78 is 0. The largest absolute Gasteiger partial charge is 0.340 e. The molecule has 1 amide bonds. The Bertz CT molecular complexity index is 272. The van der Waals surface area contributed by atoms with Crippen molar-refractivity contribution >= 4 is 5.91 Å². The maximum Gasteiger partial charge on any atom is 0.236 e. The lowest BCUT2D eigenvalue weighted by Gasteiger charge is -2.15. The van der Waals surface area contributed by atoms with Crippen molar-refractivity contribution in [3.05, 3.63) is 35.9 Å². The monoisotopic (exact) mass is 178 g/mol. The van der Waals surface area contributed by atoms with Gasteiger partial charge in [0.05, 0.1) is 6.54 Å². The summed E-state index contributed by atoms with van der Waals surface area (Å²) in [5, 5.41) is 0. The van der Waals surface area contributed by atoms with Gasteiger partial charge in [-0.05, 0) is 5.56 Å². The molecule has 0 heterocycles. The number of amides is 1. The zero-order valence-electron chi connectivity index (χ0n) is 7.73. The van der Waals surface area contributed by atoms with E-state index >= 15 is 0 Å². The number of hydrogen-bond donors (Lipinski definition) is 1. The summed E-state index contributed by atoms with van der Waals surface area (Å²) in [7, 11) is 1.75. The molecule has 2 N–H and O–H groups in total. The third-order valence-corrected chi connectivity index (χ3v) is 1.86. The Labute approximate surface area is 78.2 Å². The predicted molar refractivity (Wildman–Crippen MR) is 52.0 cm³/mol. The molecular weight excluding hydrogens is 164 g/mol. The molecule has 3 heteroatoms. The van der Waals surface area contributed by atoms with Crippen molar-refractivity contribution in [1.82, 2.24) is 4.90 Å². The smallest absolute Gasteiger partial charge is 0.236 e. The molecule has 0 aromatic heterocycles. The molecule has 0 unspecified atom stereocenters. The lowest BCUT2D eigenvalue weighted by molar-refractivity contribution is -0.128. The summed E-state index contributed by atoms with van der Waals surface area (Å²) in [5.74, 6) is -0.0381. The van der Waals surface area contributed by atoms with Crippen LogP contribution < -0.4 is 5.73 Å². The van der Waals surface area contributed by atoms with Crippen molar-refractivity contribution in [3.8, 4) is 0 Å². The van der Waals surface area contributed by atoms with Gasteiger partial charge in [0.1, 0.15) is 0 Å². The highest BCUT2D eigenvalue weighted by molar-refractivity contribution is 5.77. The van der Waals surface area contributed by atoms with Crippen LogP contribution in [0, 0.1) is 0 Å². The number of carbonyl (C=O) groups is 1. The van der Waals surface area contributed by atoms with E-state index in [0.717, 1.165) is 5.56 Å². The van der Waals surface area contributed by atoms with Crippen LogP contribution in [0.3, 0.4) is 0 Å². The van der Waals surface area contributed by atoms with Crippen molar-refractivity contribution < 1.29 is 4.79 Å². The normalized spacial score (nSPS) is 9.69. The number of carbonyl (C=O) groups excluding carboxylic acids is 1. The van der Waals surface area contributed by atoms with Crippen LogP contribution >= 0.6 is 0 Å². The first-order valence-corrected chi connectivity index (χ1v) is 4.22. The second-order valence-electron chi connectivity index (χ2n) is 2.94. The third-order valence-electron chi connectivity index (χ3n) is 1.86. The van der Waals surface area contributed by atoms with Gasteiger partial charge >= 0.3 is 0 Å². The highest BCUT2D eigenvalue weighted by Gasteiger charge is 2.05. The summed E-state index contributed by atoms with van der Waals surface area (Å²) >= 11 is 0. The number of likely N-dealkylation sites (N-methyl/N-ethyl adjacent to an activating group) is 1. The molecule has 0 bridgehead atoms. The van der Waals surface area contributed by atoms with Crippen molar-refractivity contribution in [2.24, 2.45) is 5.73 Å². The number of hydrogen-bond acceptors (Lipinski definition) is 2. The Balaban J connectivity index is 2.55. The molecule has 0 spiro atoms. The number of nitrogens with two attached hydrogens (primary N) is 1. The molecule has 13 heavy (non-hydrogen) atoms. The minimum atomic E-state index is -0.0381. The Morgan fingerprint density at radius 2 is 2.00 bits per heavy atom. The van der Waals surface area contributed by atoms with E-state index in [1.807, 2.05) is 30.3 Å². The fourth-order valence-corrected chi connectivity index (χ4v) is 1.10. The molecular formula is C10H14N2O. The Morgan fingerprint density at radius 1 is 1.38 bits per heavy atom. The van der Waals surface area contributed by atoms with Crippen LogP contribution in [0.15, 0.2) is 30.3 Å². The molecule has 1 aromatic carbocycles. The third kappa shape index (κ3) is 2.87. The summed E-state index contributed by atoms with van der Waals surface area (Å²) in [6, 6.07) is 9.83. The van der Waals surface area contributed by atoms with Gasteiger partial charge in [-0.3, -0.25) is 4.79 Å². The molecule has 0 fully saturated rings. The van der Waals surface area contributed by atoms with Gasteiger partial charge in [-0.25, -0.2) is 0 Å². The van der Waals surface area contributed by atoms with Crippen molar-refractivity contribution in [1.29, 1.82) is 0 Å². The van der Waals surface area contributed by atoms with E-state index in [4.69, 9.17) is 5.73 Å². The van der Waals surface area contributed by atoms with E-state index in [1.54, 1.807) is 11.9 Å². The van der Waals surface area contributed by atoms with Crippen molar-refractivity contribution in [2.75, 3.05) is 13.6 Å². The minimum Gasteiger partial charge on any atom is -0.340 e. The van der Waals surface area contributed by atoms with Crippen LogP contribution in [0.1, 0.15) is 5.56 Å². The lowest BCUT2D eigenvalue weighted by Crippen LogP contribution is -2.32. The van der Waals surface area contributed by atoms with Gasteiger partial charge in [0.15, 0.2) is 0 Å². The van der Waals surface area contributed by atoms with E-state index in [-0.39, 0.29) is 12.5 Å². The Kier molecular flexibility index (Phi) is 3.46. The van der Waals surface area contributed by atoms with Crippen LogP contribution in [-0.4, -0.2) is 24.4 Å². The Morgan fingerprint density at radius 3 is 2.54 bits per heavy atom. The maximum atomic E-state index is 11.1. The summed E-state index contributed by atoms with van der Waals surface area (Å²) in [6.07, 6.45) is 0. The standard InChI is InChI=1S/C10H14N2O/c1-12(10(13)7-11)8-9-5-3-2-4-6-9/h2-6H,7-8,11H2,1H3. The van der Waals surface area contributed by atoms with Gasteiger partial charge in [0.2, 0.25) is 5.91 Å². The van der Waals surface area contributed by atoms with Crippen LogP contribution in [0.4, 0.5) is 0 Å². The Hall–Kier alpha value is -1.35. The van der Waals surface area contributed by atoms with Crippen molar-refractivity contribution in [3.63, 3.8) is 0 Å². The maximum absolute atomic E-state index is 11.1. The van der Waals surface area contributed by atoms with E-state index in [1.165, 1.54) is 0 Å². The minimum absolute atomic E-state index is 0.0381. The average molecular weight is 178 g/mol. The predicted octanol–water partition coefficient (Wildman–Crippen LogP) is 0.604. The number of nitrogens with zero attached hydrogens (tertiary/aromatic N) is 1. The molecule has 3 nitrogen and oxygen atoms in total. The quantitative estimate of drug-likeness (QED) is 0.737. The van der Waals surface area contributed by atoms with E-state index in [9.17, 15) is 4.79 Å². The molecule has 1 aromatic rings. The average Bonchev–Trinajstić information content (AvgIpc) is 2.18. The first-order chi connectivity index (χ1) is 6.24. The molecule has 0 saturated heterocycles. The van der Waals surface area contributed by atoms with Crippen LogP contribution in [-0.2, 0) is 11.3 Å². The highest BCUT2D eigenvalue weighted by atomic mass is 16.2. The summed E-state index contributed by atoms with van der Waals surface area (Å²) in [5.41, 5.74) is 6.35. The second-order valence-corrected chi connectivity index (χ2v) is 2.94. The molecule has 70 valence electrons. The fraction of sp³-hybridized carbons (Fsp3) is 0.300. The molecule has 0 atom stereocenters. The van der Waals surface area contributed by atoms with Crippen LogP contribution in [0.2, 0.25) is 0 Å². The van der Waals surface area contributed by atoms with Gasteiger partial charge in [0.25, 0.3) is 0 Å². The fourth-order valence-electron chi connectivity index (χ4n) is 1.10. The SMILES string of the molecule is CN(Cc1ccccc1)C(=O)CN. The van der Waals surface area contributed by atoms with Crippen LogP contribution in [0.5, 0.6) is 0 Å². The van der Waals surface area contributed by atoms with Gasteiger partial charge < -0.3 is 10.6 Å². The number of rotatable bonds is 3. The topological polar surface area (TPSA) is 46.3 Å². The van der Waals surface area contributed by atoms with Gasteiger partial charge in [-0.2, -0.15) is 0 Å². The summed E-state index contributed by atoms with van der Waals surface area (Å²) in [6.45, 7) is 0.695. The molecule has 0 radical (unpaired) electrons. The zero-order valence-corrected chi connectivity index (χ0v) is 7.73. The van der Waals surface area contributed by atoms with Gasteiger partial charge in [-0.1, -0.05) is 30.3 Å². The molecule has 0 aliphatic rings. The first-order valence-electron chi connectivity index (χ1n) is 4.22. The van der Waals surface area contributed by atoms with Crippen LogP contribution in [0.25, 0.3) is 0 Å². The van der Waals surface area contributed by atoms with E-state index in [0.29, 0.717) is 6.54 Å². The summed E-state index contributed by atoms with van der Waals surface area (Å²) in [4.78, 5) is 12.7. The highest BCUT2D eigenvalue weighted by Crippen LogP contribution is 2.01. The molecule has 0 aliphatic carbocycles. The lowest BCUT2D eigenvalue weighted by atomic mass is 10.2. The van der Waals surface area contributed by atoms with E-state index in [2.05, 4.69) is 0 Å². The first kappa shape index (κ1) is 9.74.